The minimum absolute atomic E-state index is 0.0527. The molecule has 26 heavy (non-hydrogen) atoms. The first-order valence-corrected chi connectivity index (χ1v) is 8.15. The number of hydrazone groups is 1. The van der Waals surface area contributed by atoms with Gasteiger partial charge in [0.2, 0.25) is 5.95 Å². The summed E-state index contributed by atoms with van der Waals surface area (Å²) in [6.45, 7) is 3.82. The van der Waals surface area contributed by atoms with Crippen molar-refractivity contribution in [1.82, 2.24) is 18.7 Å². The summed E-state index contributed by atoms with van der Waals surface area (Å²) in [5, 5.41) is 4.18. The topological polar surface area (TPSA) is 86.2 Å². The van der Waals surface area contributed by atoms with E-state index in [0.717, 1.165) is 10.3 Å². The van der Waals surface area contributed by atoms with Crippen LogP contribution in [0.1, 0.15) is 25.5 Å². The molecule has 2 aromatic heterocycles. The third-order valence-corrected chi connectivity index (χ3v) is 4.75. The molecule has 8 nitrogen and oxygen atoms in total. The van der Waals surface area contributed by atoms with Gasteiger partial charge in [0.15, 0.2) is 11.2 Å². The standard InChI is InChI=1S/C17H17FN6O2/c1-9-10(2)24-13-14(19-16(24)21-20-9)22(3)17(26)23(15(13)25)8-11-4-6-12(18)7-5-11/h4-7,10H,8H2,1-3H3,(H,19,21). The second-order valence-electron chi connectivity index (χ2n) is 6.38. The van der Waals surface area contributed by atoms with Crippen LogP contribution in [0.15, 0.2) is 39.0 Å². The molecule has 3 aromatic rings. The summed E-state index contributed by atoms with van der Waals surface area (Å²) in [4.78, 5) is 30.2. The smallest absolute Gasteiger partial charge is 0.294 e. The summed E-state index contributed by atoms with van der Waals surface area (Å²) in [6.07, 6.45) is 0. The number of aryl methyl sites for hydroxylation is 1. The summed E-state index contributed by atoms with van der Waals surface area (Å²) in [6, 6.07) is 5.54. The first-order valence-electron chi connectivity index (χ1n) is 8.15. The predicted molar refractivity (Wildman–Crippen MR) is 96.2 cm³/mol. The summed E-state index contributed by atoms with van der Waals surface area (Å²) < 4.78 is 17.3. The SMILES string of the molecule is CC1=NNc2nc3c(c(=O)n(Cc4ccc(F)cc4)c(=O)n3C)n2C1C. The molecule has 0 fully saturated rings. The number of nitrogens with one attached hydrogen (secondary N) is 1. The molecule has 1 aromatic carbocycles. The van der Waals surface area contributed by atoms with Gasteiger partial charge in [-0.1, -0.05) is 12.1 Å². The molecule has 0 saturated heterocycles. The van der Waals surface area contributed by atoms with Crippen molar-refractivity contribution >= 4 is 22.8 Å². The van der Waals surface area contributed by atoms with Crippen molar-refractivity contribution in [1.29, 1.82) is 0 Å². The Bertz CT molecular complexity index is 1170. The molecule has 9 heteroatoms. The Hall–Kier alpha value is -3.23. The van der Waals surface area contributed by atoms with Gasteiger partial charge in [0.25, 0.3) is 5.56 Å². The van der Waals surface area contributed by atoms with Crippen LogP contribution in [-0.4, -0.2) is 24.4 Å². The third kappa shape index (κ3) is 2.27. The summed E-state index contributed by atoms with van der Waals surface area (Å²) in [7, 11) is 1.57. The monoisotopic (exact) mass is 356 g/mol. The number of benzene rings is 1. The zero-order chi connectivity index (χ0) is 18.6. The van der Waals surface area contributed by atoms with E-state index in [4.69, 9.17) is 0 Å². The minimum Gasteiger partial charge on any atom is -0.294 e. The highest BCUT2D eigenvalue weighted by Crippen LogP contribution is 2.25. The van der Waals surface area contributed by atoms with Crippen molar-refractivity contribution in [3.05, 3.63) is 56.5 Å². The fourth-order valence-corrected chi connectivity index (χ4v) is 3.13. The zero-order valence-electron chi connectivity index (χ0n) is 14.5. The molecule has 0 saturated carbocycles. The lowest BCUT2D eigenvalue weighted by molar-refractivity contribution is 0.622. The Morgan fingerprint density at radius 3 is 2.62 bits per heavy atom. The van der Waals surface area contributed by atoms with Crippen LogP contribution in [0.3, 0.4) is 0 Å². The van der Waals surface area contributed by atoms with E-state index in [-0.39, 0.29) is 18.4 Å². The van der Waals surface area contributed by atoms with Gasteiger partial charge in [-0.2, -0.15) is 10.1 Å². The van der Waals surface area contributed by atoms with Crippen LogP contribution in [0.25, 0.3) is 11.2 Å². The summed E-state index contributed by atoms with van der Waals surface area (Å²) in [5.41, 5.74) is 3.99. The Morgan fingerprint density at radius 1 is 1.23 bits per heavy atom. The number of rotatable bonds is 2. The molecule has 1 aliphatic rings. The van der Waals surface area contributed by atoms with E-state index >= 15 is 0 Å². The highest BCUT2D eigenvalue weighted by molar-refractivity contribution is 5.90. The van der Waals surface area contributed by atoms with Crippen molar-refractivity contribution in [2.24, 2.45) is 12.1 Å². The fourth-order valence-electron chi connectivity index (χ4n) is 3.13. The molecule has 0 spiro atoms. The Labute approximate surface area is 147 Å². The molecule has 134 valence electrons. The number of hydrogen-bond acceptors (Lipinski definition) is 5. The average molecular weight is 356 g/mol. The number of hydrogen-bond donors (Lipinski definition) is 1. The van der Waals surface area contributed by atoms with E-state index in [1.807, 2.05) is 13.8 Å². The van der Waals surface area contributed by atoms with Crippen LogP contribution in [0.4, 0.5) is 10.3 Å². The molecule has 1 N–H and O–H groups in total. The Kier molecular flexibility index (Phi) is 3.53. The minimum atomic E-state index is -0.479. The maximum Gasteiger partial charge on any atom is 0.332 e. The predicted octanol–water partition coefficient (Wildman–Crippen LogP) is 1.45. The number of fused-ring (bicyclic) bond motifs is 3. The van der Waals surface area contributed by atoms with E-state index in [1.54, 1.807) is 23.7 Å². The van der Waals surface area contributed by atoms with Crippen molar-refractivity contribution in [2.45, 2.75) is 26.4 Å². The number of halogens is 1. The van der Waals surface area contributed by atoms with Crippen LogP contribution in [0, 0.1) is 5.82 Å². The highest BCUT2D eigenvalue weighted by atomic mass is 19.1. The van der Waals surface area contributed by atoms with E-state index in [9.17, 15) is 14.0 Å². The molecule has 0 aliphatic carbocycles. The molecule has 0 bridgehead atoms. The summed E-state index contributed by atoms with van der Waals surface area (Å²) in [5.74, 6) is 0.0497. The first kappa shape index (κ1) is 16.2. The van der Waals surface area contributed by atoms with Crippen molar-refractivity contribution in [3.8, 4) is 0 Å². The van der Waals surface area contributed by atoms with Gasteiger partial charge in [0.1, 0.15) is 5.82 Å². The van der Waals surface area contributed by atoms with Crippen LogP contribution in [0.5, 0.6) is 0 Å². The Balaban J connectivity index is 1.97. The van der Waals surface area contributed by atoms with Crippen molar-refractivity contribution in [2.75, 3.05) is 5.43 Å². The van der Waals surface area contributed by atoms with E-state index < -0.39 is 11.2 Å². The molecule has 1 unspecified atom stereocenters. The number of nitrogens with zero attached hydrogens (tertiary/aromatic N) is 5. The van der Waals surface area contributed by atoms with Crippen LogP contribution in [0.2, 0.25) is 0 Å². The second-order valence-corrected chi connectivity index (χ2v) is 6.38. The lowest BCUT2D eigenvalue weighted by Gasteiger charge is -2.21. The molecule has 3 heterocycles. The lowest BCUT2D eigenvalue weighted by Crippen LogP contribution is -2.40. The second kappa shape index (κ2) is 5.65. The molecular weight excluding hydrogens is 339 g/mol. The van der Waals surface area contributed by atoms with Gasteiger partial charge >= 0.3 is 5.69 Å². The zero-order valence-corrected chi connectivity index (χ0v) is 14.5. The van der Waals surface area contributed by atoms with E-state index in [2.05, 4.69) is 15.5 Å². The molecule has 1 aliphatic heterocycles. The Morgan fingerprint density at radius 2 is 1.92 bits per heavy atom. The highest BCUT2D eigenvalue weighted by Gasteiger charge is 2.26. The molecule has 1 atom stereocenters. The fraction of sp³-hybridized carbons (Fsp3) is 0.294. The van der Waals surface area contributed by atoms with Crippen LogP contribution < -0.4 is 16.7 Å². The van der Waals surface area contributed by atoms with E-state index in [1.165, 1.54) is 16.7 Å². The first-order chi connectivity index (χ1) is 12.4. The van der Waals surface area contributed by atoms with Gasteiger partial charge in [0.05, 0.1) is 18.3 Å². The van der Waals surface area contributed by atoms with Gasteiger partial charge in [-0.25, -0.2) is 14.6 Å². The quantitative estimate of drug-likeness (QED) is 0.753. The molecule has 0 amide bonds. The average Bonchev–Trinajstić information content (AvgIpc) is 3.02. The van der Waals surface area contributed by atoms with Gasteiger partial charge in [0, 0.05) is 7.05 Å². The van der Waals surface area contributed by atoms with Crippen molar-refractivity contribution in [3.63, 3.8) is 0 Å². The number of imidazole rings is 1. The largest absolute Gasteiger partial charge is 0.332 e. The van der Waals surface area contributed by atoms with Crippen LogP contribution >= 0.6 is 0 Å². The molecule has 4 rings (SSSR count). The third-order valence-electron chi connectivity index (χ3n) is 4.75. The number of aromatic nitrogens is 4. The molecule has 0 radical (unpaired) electrons. The van der Waals surface area contributed by atoms with E-state index in [0.29, 0.717) is 22.7 Å². The number of anilines is 1. The lowest BCUT2D eigenvalue weighted by atomic mass is 10.2. The van der Waals surface area contributed by atoms with Gasteiger partial charge < -0.3 is 0 Å². The van der Waals surface area contributed by atoms with Crippen molar-refractivity contribution < 1.29 is 4.39 Å². The van der Waals surface area contributed by atoms with Crippen LogP contribution in [-0.2, 0) is 13.6 Å². The normalized spacial score (nSPS) is 16.3. The van der Waals surface area contributed by atoms with Gasteiger partial charge in [-0.3, -0.25) is 18.5 Å². The molecular formula is C17H17FN6O2. The van der Waals surface area contributed by atoms with Gasteiger partial charge in [-0.05, 0) is 31.5 Å². The maximum absolute atomic E-state index is 13.1. The summed E-state index contributed by atoms with van der Waals surface area (Å²) >= 11 is 0. The maximum atomic E-state index is 13.1. The van der Waals surface area contributed by atoms with Gasteiger partial charge in [-0.15, -0.1) is 0 Å².